The van der Waals surface area contributed by atoms with Crippen molar-refractivity contribution in [2.24, 2.45) is 4.99 Å². The molecule has 2 unspecified atom stereocenters. The van der Waals surface area contributed by atoms with E-state index in [2.05, 4.69) is 15.6 Å². The molecule has 0 aromatic heterocycles. The maximum atomic E-state index is 12.0. The molecule has 2 N–H and O–H groups in total. The van der Waals surface area contributed by atoms with E-state index < -0.39 is 10.8 Å². The van der Waals surface area contributed by atoms with Crippen molar-refractivity contribution in [3.63, 3.8) is 0 Å². The number of benzene rings is 1. The Labute approximate surface area is 151 Å². The summed E-state index contributed by atoms with van der Waals surface area (Å²) in [5, 5.41) is 7.53. The fourth-order valence-electron chi connectivity index (χ4n) is 1.83. The number of nitrogens with one attached hydrogen (secondary N) is 2. The predicted octanol–water partition coefficient (Wildman–Crippen LogP) is 3.77. The Balaban J connectivity index is 2.56. The summed E-state index contributed by atoms with van der Waals surface area (Å²) in [6.07, 6.45) is 0. The predicted molar refractivity (Wildman–Crippen MR) is 102 cm³/mol. The van der Waals surface area contributed by atoms with Crippen molar-refractivity contribution >= 4 is 40.0 Å². The first-order chi connectivity index (χ1) is 10.6. The summed E-state index contributed by atoms with van der Waals surface area (Å²) < 4.78 is 11.8. The van der Waals surface area contributed by atoms with Crippen LogP contribution in [0.1, 0.15) is 39.3 Å². The van der Waals surface area contributed by atoms with Gasteiger partial charge in [0.05, 0.1) is 16.1 Å². The maximum absolute atomic E-state index is 12.0. The van der Waals surface area contributed by atoms with Crippen molar-refractivity contribution < 1.29 is 4.21 Å². The minimum atomic E-state index is -0.888. The van der Waals surface area contributed by atoms with E-state index in [1.54, 1.807) is 13.1 Å². The first-order valence-corrected chi connectivity index (χ1v) is 9.53. The molecule has 0 saturated carbocycles. The second-order valence-corrected chi connectivity index (χ2v) is 9.34. The summed E-state index contributed by atoms with van der Waals surface area (Å²) >= 11 is 12.0. The molecule has 4 nitrogen and oxygen atoms in total. The van der Waals surface area contributed by atoms with Gasteiger partial charge in [0.25, 0.3) is 0 Å². The fourth-order valence-corrected chi connectivity index (χ4v) is 3.04. The fraction of sp³-hybridized carbons (Fsp3) is 0.562. The Morgan fingerprint density at radius 3 is 2.48 bits per heavy atom. The lowest BCUT2D eigenvalue weighted by molar-refractivity contribution is 0.645. The zero-order chi connectivity index (χ0) is 17.6. The SMILES string of the molecule is CN=C(NCCS(=O)C(C)(C)C)NC(C)c1ccc(Cl)c(Cl)c1. The molecule has 1 rings (SSSR count). The van der Waals surface area contributed by atoms with Crippen molar-refractivity contribution in [1.29, 1.82) is 0 Å². The van der Waals surface area contributed by atoms with Crippen LogP contribution in [0.5, 0.6) is 0 Å². The highest BCUT2D eigenvalue weighted by molar-refractivity contribution is 7.86. The molecule has 2 atom stereocenters. The van der Waals surface area contributed by atoms with Crippen molar-refractivity contribution in [2.75, 3.05) is 19.3 Å². The van der Waals surface area contributed by atoms with E-state index in [0.29, 0.717) is 28.3 Å². The van der Waals surface area contributed by atoms with Crippen LogP contribution in [-0.2, 0) is 10.8 Å². The van der Waals surface area contributed by atoms with Gasteiger partial charge in [-0.3, -0.25) is 9.20 Å². The number of hydrogen-bond donors (Lipinski definition) is 2. The Bertz CT molecular complexity index is 585. The molecule has 0 amide bonds. The average Bonchev–Trinajstić information content (AvgIpc) is 2.47. The maximum Gasteiger partial charge on any atom is 0.191 e. The zero-order valence-electron chi connectivity index (χ0n) is 14.2. The van der Waals surface area contributed by atoms with Crippen molar-refractivity contribution in [3.8, 4) is 0 Å². The van der Waals surface area contributed by atoms with Gasteiger partial charge < -0.3 is 10.6 Å². The summed E-state index contributed by atoms with van der Waals surface area (Å²) in [4.78, 5) is 4.19. The largest absolute Gasteiger partial charge is 0.355 e. The lowest BCUT2D eigenvalue weighted by atomic mass is 10.1. The first kappa shape index (κ1) is 20.3. The van der Waals surface area contributed by atoms with Crippen LogP contribution in [0.15, 0.2) is 23.2 Å². The Morgan fingerprint density at radius 2 is 1.96 bits per heavy atom. The van der Waals surface area contributed by atoms with Crippen molar-refractivity contribution in [2.45, 2.75) is 38.5 Å². The second kappa shape index (κ2) is 8.90. The molecule has 130 valence electrons. The quantitative estimate of drug-likeness (QED) is 0.606. The van der Waals surface area contributed by atoms with Gasteiger partial charge in [0.15, 0.2) is 5.96 Å². The Kier molecular flexibility index (Phi) is 7.84. The van der Waals surface area contributed by atoms with Gasteiger partial charge in [0, 0.05) is 34.9 Å². The van der Waals surface area contributed by atoms with Gasteiger partial charge in [-0.25, -0.2) is 0 Å². The molecule has 0 heterocycles. The first-order valence-electron chi connectivity index (χ1n) is 7.45. The van der Waals surface area contributed by atoms with E-state index in [0.717, 1.165) is 5.56 Å². The van der Waals surface area contributed by atoms with Gasteiger partial charge in [0.2, 0.25) is 0 Å². The number of rotatable bonds is 5. The highest BCUT2D eigenvalue weighted by Crippen LogP contribution is 2.25. The van der Waals surface area contributed by atoms with Crippen LogP contribution in [0.4, 0.5) is 0 Å². The number of hydrogen-bond acceptors (Lipinski definition) is 2. The van der Waals surface area contributed by atoms with Gasteiger partial charge in [0.1, 0.15) is 0 Å². The minimum Gasteiger partial charge on any atom is -0.355 e. The lowest BCUT2D eigenvalue weighted by Gasteiger charge is -2.20. The van der Waals surface area contributed by atoms with Crippen LogP contribution >= 0.6 is 23.2 Å². The molecular weight excluding hydrogens is 353 g/mol. The molecule has 0 aliphatic rings. The molecular formula is C16H25Cl2N3OS. The van der Waals surface area contributed by atoms with E-state index in [1.807, 2.05) is 39.8 Å². The smallest absolute Gasteiger partial charge is 0.191 e. The molecule has 0 aliphatic carbocycles. The summed E-state index contributed by atoms with van der Waals surface area (Å²) in [5.74, 6) is 1.24. The molecule has 0 spiro atoms. The summed E-state index contributed by atoms with van der Waals surface area (Å²) in [6, 6.07) is 5.56. The van der Waals surface area contributed by atoms with Gasteiger partial charge >= 0.3 is 0 Å². The summed E-state index contributed by atoms with van der Waals surface area (Å²) in [5.41, 5.74) is 1.01. The second-order valence-electron chi connectivity index (χ2n) is 6.20. The van der Waals surface area contributed by atoms with E-state index in [1.165, 1.54) is 0 Å². The zero-order valence-corrected chi connectivity index (χ0v) is 16.6. The van der Waals surface area contributed by atoms with Gasteiger partial charge in [-0.15, -0.1) is 0 Å². The highest BCUT2D eigenvalue weighted by atomic mass is 35.5. The molecule has 0 aliphatic heterocycles. The third-order valence-electron chi connectivity index (χ3n) is 3.28. The van der Waals surface area contributed by atoms with Crippen LogP contribution < -0.4 is 10.6 Å². The molecule has 0 bridgehead atoms. The number of nitrogens with zero attached hydrogens (tertiary/aromatic N) is 1. The van der Waals surface area contributed by atoms with E-state index in [4.69, 9.17) is 23.2 Å². The number of guanidine groups is 1. The van der Waals surface area contributed by atoms with E-state index in [9.17, 15) is 4.21 Å². The van der Waals surface area contributed by atoms with Gasteiger partial charge in [-0.05, 0) is 45.4 Å². The molecule has 7 heteroatoms. The number of halogens is 2. The van der Waals surface area contributed by atoms with E-state index >= 15 is 0 Å². The van der Waals surface area contributed by atoms with Crippen LogP contribution in [0.3, 0.4) is 0 Å². The molecule has 1 aromatic carbocycles. The molecule has 0 fully saturated rings. The molecule has 0 radical (unpaired) electrons. The summed E-state index contributed by atoms with van der Waals surface area (Å²) in [6.45, 7) is 8.53. The lowest BCUT2D eigenvalue weighted by Crippen LogP contribution is -2.41. The standard InChI is InChI=1S/C16H25Cl2N3OS/c1-11(12-6-7-13(17)14(18)10-12)21-15(19-5)20-8-9-23(22)16(2,3)4/h6-7,10-11H,8-9H2,1-5H3,(H2,19,20,21). The third kappa shape index (κ3) is 6.69. The third-order valence-corrected chi connectivity index (χ3v) is 5.96. The van der Waals surface area contributed by atoms with Gasteiger partial charge in [-0.1, -0.05) is 29.3 Å². The van der Waals surface area contributed by atoms with Crippen LogP contribution in [0.25, 0.3) is 0 Å². The van der Waals surface area contributed by atoms with Gasteiger partial charge in [-0.2, -0.15) is 0 Å². The molecule has 23 heavy (non-hydrogen) atoms. The topological polar surface area (TPSA) is 53.5 Å². The van der Waals surface area contributed by atoms with Crippen LogP contribution in [0, 0.1) is 0 Å². The average molecular weight is 378 g/mol. The summed E-state index contributed by atoms with van der Waals surface area (Å²) in [7, 11) is 0.818. The minimum absolute atomic E-state index is 0.0177. The Morgan fingerprint density at radius 1 is 1.30 bits per heavy atom. The van der Waals surface area contributed by atoms with Crippen LogP contribution in [0.2, 0.25) is 10.0 Å². The van der Waals surface area contributed by atoms with Crippen molar-refractivity contribution in [1.82, 2.24) is 10.6 Å². The van der Waals surface area contributed by atoms with Crippen molar-refractivity contribution in [3.05, 3.63) is 33.8 Å². The Hall–Kier alpha value is -0.780. The molecule has 1 aromatic rings. The normalized spacial score (nSPS) is 15.2. The highest BCUT2D eigenvalue weighted by Gasteiger charge is 2.18. The van der Waals surface area contributed by atoms with Crippen LogP contribution in [-0.4, -0.2) is 34.3 Å². The number of aliphatic imine (C=N–C) groups is 1. The monoisotopic (exact) mass is 377 g/mol. The van der Waals surface area contributed by atoms with E-state index in [-0.39, 0.29) is 10.8 Å². The molecule has 0 saturated heterocycles.